The number of aromatic nitrogens is 1. The Balaban J connectivity index is 2.01. The van der Waals surface area contributed by atoms with Crippen LogP contribution < -0.4 is 16.4 Å². The number of hydrogen-bond donors (Lipinski definition) is 3. The average Bonchev–Trinajstić information content (AvgIpc) is 3.11. The number of aryl methyl sites for hydroxylation is 1. The fourth-order valence-electron chi connectivity index (χ4n) is 2.06. The van der Waals surface area contributed by atoms with E-state index in [-0.39, 0.29) is 5.91 Å². The molecule has 2 heterocycles. The van der Waals surface area contributed by atoms with Crippen molar-refractivity contribution in [2.75, 3.05) is 11.9 Å². The predicted octanol–water partition coefficient (Wildman–Crippen LogP) is 3.59. The van der Waals surface area contributed by atoms with Crippen LogP contribution in [0.4, 0.5) is 5.13 Å². The number of thiazole rings is 1. The fourth-order valence-corrected chi connectivity index (χ4v) is 3.93. The van der Waals surface area contributed by atoms with Crippen molar-refractivity contribution in [3.63, 3.8) is 0 Å². The Bertz CT molecular complexity index is 748. The van der Waals surface area contributed by atoms with Crippen molar-refractivity contribution in [2.24, 2.45) is 16.6 Å². The zero-order valence-electron chi connectivity index (χ0n) is 15.0. The zero-order chi connectivity index (χ0) is 18.4. The average molecular weight is 380 g/mol. The first-order valence-electron chi connectivity index (χ1n) is 8.21. The highest BCUT2D eigenvalue weighted by atomic mass is 32.1. The summed E-state index contributed by atoms with van der Waals surface area (Å²) in [6, 6.07) is 2.10. The highest BCUT2D eigenvalue weighted by Crippen LogP contribution is 2.33. The third-order valence-electron chi connectivity index (χ3n) is 3.50. The molecule has 0 aliphatic heterocycles. The summed E-state index contributed by atoms with van der Waals surface area (Å²) >= 11 is 3.14. The summed E-state index contributed by atoms with van der Waals surface area (Å²) in [5, 5.41) is 8.61. The highest BCUT2D eigenvalue weighted by molar-refractivity contribution is 7.17. The van der Waals surface area contributed by atoms with Gasteiger partial charge in [0.05, 0.1) is 17.1 Å². The molecule has 6 nitrogen and oxygen atoms in total. The monoisotopic (exact) mass is 379 g/mol. The Kier molecular flexibility index (Phi) is 6.95. The Morgan fingerprint density at radius 1 is 1.44 bits per heavy atom. The molecule has 0 aliphatic carbocycles. The molecule has 0 fully saturated rings. The number of carbonyl (C=O) groups excluding carboxylic acids is 1. The van der Waals surface area contributed by atoms with Crippen molar-refractivity contribution in [2.45, 2.75) is 40.7 Å². The van der Waals surface area contributed by atoms with Crippen molar-refractivity contribution >= 4 is 39.7 Å². The van der Waals surface area contributed by atoms with Crippen molar-refractivity contribution in [1.29, 1.82) is 0 Å². The second kappa shape index (κ2) is 8.96. The van der Waals surface area contributed by atoms with Crippen LogP contribution in [0.1, 0.15) is 37.6 Å². The molecule has 0 atom stereocenters. The lowest BCUT2D eigenvalue weighted by molar-refractivity contribution is -0.119. The minimum atomic E-state index is -0.0262. The Hall–Kier alpha value is -1.93. The Morgan fingerprint density at radius 2 is 2.20 bits per heavy atom. The minimum absolute atomic E-state index is 0.0262. The largest absolute Gasteiger partial charge is 0.370 e. The van der Waals surface area contributed by atoms with Crippen molar-refractivity contribution < 1.29 is 4.79 Å². The first-order valence-corrected chi connectivity index (χ1v) is 9.91. The van der Waals surface area contributed by atoms with Crippen LogP contribution >= 0.6 is 22.7 Å². The quantitative estimate of drug-likeness (QED) is 0.506. The van der Waals surface area contributed by atoms with Crippen LogP contribution in [0.5, 0.6) is 0 Å². The van der Waals surface area contributed by atoms with Crippen LogP contribution in [0.3, 0.4) is 0 Å². The summed E-state index contributed by atoms with van der Waals surface area (Å²) < 4.78 is 0. The van der Waals surface area contributed by atoms with E-state index in [1.165, 1.54) is 18.3 Å². The van der Waals surface area contributed by atoms with E-state index in [9.17, 15) is 4.79 Å². The molecule has 8 heteroatoms. The molecule has 0 bridgehead atoms. The second-order valence-electron chi connectivity index (χ2n) is 6.24. The van der Waals surface area contributed by atoms with Gasteiger partial charge in [-0.15, -0.1) is 22.7 Å². The topological polar surface area (TPSA) is 92.4 Å². The molecule has 2 aromatic rings. The van der Waals surface area contributed by atoms with E-state index in [4.69, 9.17) is 5.73 Å². The second-order valence-corrected chi connectivity index (χ2v) is 8.23. The third kappa shape index (κ3) is 6.13. The first kappa shape index (κ1) is 19.4. The first-order chi connectivity index (χ1) is 11.8. The normalized spacial score (nSPS) is 11.8. The fraction of sp³-hybridized carbons (Fsp3) is 0.471. The van der Waals surface area contributed by atoms with Gasteiger partial charge >= 0.3 is 0 Å². The minimum Gasteiger partial charge on any atom is -0.370 e. The molecule has 1 amide bonds. The molecule has 4 N–H and O–H groups in total. The van der Waals surface area contributed by atoms with Gasteiger partial charge in [0, 0.05) is 23.7 Å². The van der Waals surface area contributed by atoms with Gasteiger partial charge in [0.25, 0.3) is 0 Å². The standard InChI is InChI=1S/C17H25N5OS2/c1-10(2)5-6-19-16(18)22-17-21-13(9-24-17)14-7-11(3)15(25-14)8-20-12(4)23/h7,9-10H,5-6,8H2,1-4H3,(H,20,23)(H3,18,19,21,22). The van der Waals surface area contributed by atoms with E-state index in [0.717, 1.165) is 32.6 Å². The molecule has 0 saturated heterocycles. The van der Waals surface area contributed by atoms with Gasteiger partial charge in [0.2, 0.25) is 5.91 Å². The van der Waals surface area contributed by atoms with Gasteiger partial charge in [-0.2, -0.15) is 0 Å². The van der Waals surface area contributed by atoms with E-state index >= 15 is 0 Å². The number of nitrogens with zero attached hydrogens (tertiary/aromatic N) is 2. The van der Waals surface area contributed by atoms with E-state index < -0.39 is 0 Å². The summed E-state index contributed by atoms with van der Waals surface area (Å²) in [5.74, 6) is 0.980. The van der Waals surface area contributed by atoms with Crippen LogP contribution in [0.2, 0.25) is 0 Å². The SMILES string of the molecule is CC(=O)NCc1sc(-c2csc(NC(N)=NCCC(C)C)n2)cc1C. The predicted molar refractivity (Wildman–Crippen MR) is 107 cm³/mol. The molecule has 25 heavy (non-hydrogen) atoms. The maximum absolute atomic E-state index is 11.1. The number of aliphatic imine (C=N–C) groups is 1. The summed E-state index contributed by atoms with van der Waals surface area (Å²) in [7, 11) is 0. The molecule has 2 aromatic heterocycles. The van der Waals surface area contributed by atoms with Gasteiger partial charge < -0.3 is 16.4 Å². The molecular weight excluding hydrogens is 354 g/mol. The lowest BCUT2D eigenvalue weighted by Crippen LogP contribution is -2.22. The van der Waals surface area contributed by atoms with E-state index in [0.29, 0.717) is 25.0 Å². The number of carbonyl (C=O) groups is 1. The molecule has 0 spiro atoms. The van der Waals surface area contributed by atoms with Crippen molar-refractivity contribution in [1.82, 2.24) is 10.3 Å². The summed E-state index contributed by atoms with van der Waals surface area (Å²) in [6.45, 7) is 9.16. The lowest BCUT2D eigenvalue weighted by Gasteiger charge is -2.03. The zero-order valence-corrected chi connectivity index (χ0v) is 16.7. The highest BCUT2D eigenvalue weighted by Gasteiger charge is 2.11. The van der Waals surface area contributed by atoms with Gasteiger partial charge in [0.1, 0.15) is 0 Å². The lowest BCUT2D eigenvalue weighted by atomic mass is 10.1. The number of amides is 1. The van der Waals surface area contributed by atoms with Gasteiger partial charge in [0.15, 0.2) is 11.1 Å². The van der Waals surface area contributed by atoms with Gasteiger partial charge in [-0.1, -0.05) is 13.8 Å². The Morgan fingerprint density at radius 3 is 2.88 bits per heavy atom. The van der Waals surface area contributed by atoms with Crippen LogP contribution in [0.25, 0.3) is 10.6 Å². The van der Waals surface area contributed by atoms with Crippen LogP contribution in [-0.2, 0) is 11.3 Å². The number of rotatable bonds is 7. The maximum Gasteiger partial charge on any atom is 0.217 e. The molecule has 0 aromatic carbocycles. The van der Waals surface area contributed by atoms with Gasteiger partial charge in [-0.05, 0) is 30.9 Å². The van der Waals surface area contributed by atoms with Crippen LogP contribution in [0, 0.1) is 12.8 Å². The smallest absolute Gasteiger partial charge is 0.217 e. The third-order valence-corrected chi connectivity index (χ3v) is 5.52. The maximum atomic E-state index is 11.1. The number of anilines is 1. The van der Waals surface area contributed by atoms with Gasteiger partial charge in [-0.3, -0.25) is 9.79 Å². The summed E-state index contributed by atoms with van der Waals surface area (Å²) in [5.41, 5.74) is 7.97. The number of hydrogen-bond acceptors (Lipinski definition) is 5. The van der Waals surface area contributed by atoms with E-state index in [2.05, 4.69) is 40.5 Å². The summed E-state index contributed by atoms with van der Waals surface area (Å²) in [6.07, 6.45) is 1.01. The van der Waals surface area contributed by atoms with Crippen molar-refractivity contribution in [3.05, 3.63) is 21.9 Å². The van der Waals surface area contributed by atoms with E-state index in [1.807, 2.05) is 12.3 Å². The molecule has 0 unspecified atom stereocenters. The molecule has 2 rings (SSSR count). The number of thiophene rings is 1. The molecule has 136 valence electrons. The number of nitrogens with one attached hydrogen (secondary N) is 2. The molecule has 0 saturated carbocycles. The molecule has 0 aliphatic rings. The van der Waals surface area contributed by atoms with Gasteiger partial charge in [-0.25, -0.2) is 4.98 Å². The Labute approximate surface area is 156 Å². The summed E-state index contributed by atoms with van der Waals surface area (Å²) in [4.78, 5) is 22.2. The van der Waals surface area contributed by atoms with E-state index in [1.54, 1.807) is 11.3 Å². The van der Waals surface area contributed by atoms with Crippen LogP contribution in [-0.4, -0.2) is 23.4 Å². The molecular formula is C17H25N5OS2. The number of nitrogens with two attached hydrogens (primary N) is 1. The number of guanidine groups is 1. The van der Waals surface area contributed by atoms with Crippen LogP contribution in [0.15, 0.2) is 16.4 Å². The molecule has 0 radical (unpaired) electrons. The van der Waals surface area contributed by atoms with Crippen molar-refractivity contribution in [3.8, 4) is 10.6 Å².